The molecule has 0 fully saturated rings. The number of nitriles is 1. The number of halogens is 2. The largest absolute Gasteiger partial charge is 0.265 e. The predicted molar refractivity (Wildman–Crippen MR) is 74.3 cm³/mol. The van der Waals surface area contributed by atoms with Gasteiger partial charge in [-0.05, 0) is 30.3 Å². The zero-order chi connectivity index (χ0) is 14.8. The average Bonchev–Trinajstić information content (AvgIpc) is 2.95. The molecule has 7 heteroatoms. The second-order valence-corrected chi connectivity index (χ2v) is 4.55. The van der Waals surface area contributed by atoms with Crippen LogP contribution in [0.5, 0.6) is 0 Å². The van der Waals surface area contributed by atoms with Gasteiger partial charge in [0.25, 0.3) is 0 Å². The van der Waals surface area contributed by atoms with Crippen LogP contribution >= 0.6 is 11.6 Å². The van der Waals surface area contributed by atoms with Gasteiger partial charge >= 0.3 is 0 Å². The SMILES string of the molecule is N#Cc1nnn(-c2ccc(F)c(Cl)c2)c1-c1ccncc1. The van der Waals surface area contributed by atoms with E-state index in [9.17, 15) is 9.65 Å². The topological polar surface area (TPSA) is 67.4 Å². The number of benzene rings is 1. The number of rotatable bonds is 2. The normalized spacial score (nSPS) is 10.3. The maximum absolute atomic E-state index is 13.3. The molecule has 2 aromatic heterocycles. The van der Waals surface area contributed by atoms with Crippen molar-refractivity contribution in [2.24, 2.45) is 0 Å². The first-order chi connectivity index (χ1) is 10.2. The summed E-state index contributed by atoms with van der Waals surface area (Å²) in [5.74, 6) is -0.522. The molecule has 0 saturated heterocycles. The first-order valence-corrected chi connectivity index (χ1v) is 6.30. The number of pyridine rings is 1. The lowest BCUT2D eigenvalue weighted by Crippen LogP contribution is -2.00. The summed E-state index contributed by atoms with van der Waals surface area (Å²) in [6.45, 7) is 0. The number of hydrogen-bond donors (Lipinski definition) is 0. The van der Waals surface area contributed by atoms with Crippen molar-refractivity contribution in [2.75, 3.05) is 0 Å². The Bertz CT molecular complexity index is 838. The molecule has 1 aromatic carbocycles. The van der Waals surface area contributed by atoms with Crippen molar-refractivity contribution in [3.05, 3.63) is 59.3 Å². The van der Waals surface area contributed by atoms with E-state index in [2.05, 4.69) is 15.3 Å². The van der Waals surface area contributed by atoms with E-state index in [1.54, 1.807) is 24.5 Å². The molecule has 0 amide bonds. The fourth-order valence-corrected chi connectivity index (χ4v) is 2.10. The molecule has 2 heterocycles. The van der Waals surface area contributed by atoms with Gasteiger partial charge in [0.05, 0.1) is 10.7 Å². The van der Waals surface area contributed by atoms with Gasteiger partial charge in [-0.3, -0.25) is 4.98 Å². The van der Waals surface area contributed by atoms with Crippen LogP contribution < -0.4 is 0 Å². The molecule has 0 radical (unpaired) electrons. The van der Waals surface area contributed by atoms with Gasteiger partial charge < -0.3 is 0 Å². The molecule has 102 valence electrons. The van der Waals surface area contributed by atoms with E-state index in [1.807, 2.05) is 6.07 Å². The van der Waals surface area contributed by atoms with Crippen LogP contribution in [0.15, 0.2) is 42.7 Å². The number of hydrogen-bond acceptors (Lipinski definition) is 4. The van der Waals surface area contributed by atoms with Gasteiger partial charge in [0.15, 0.2) is 5.69 Å². The molecular weight excluding hydrogens is 293 g/mol. The lowest BCUT2D eigenvalue weighted by Gasteiger charge is -2.07. The minimum absolute atomic E-state index is 0.0258. The molecule has 3 aromatic rings. The Morgan fingerprint density at radius 2 is 1.95 bits per heavy atom. The van der Waals surface area contributed by atoms with E-state index in [1.165, 1.54) is 22.9 Å². The minimum Gasteiger partial charge on any atom is -0.265 e. The van der Waals surface area contributed by atoms with E-state index in [0.29, 0.717) is 11.4 Å². The highest BCUT2D eigenvalue weighted by Crippen LogP contribution is 2.26. The molecule has 0 saturated carbocycles. The van der Waals surface area contributed by atoms with Crippen LogP contribution in [-0.4, -0.2) is 20.0 Å². The molecule has 0 N–H and O–H groups in total. The van der Waals surface area contributed by atoms with E-state index < -0.39 is 5.82 Å². The smallest absolute Gasteiger partial charge is 0.191 e. The first kappa shape index (κ1) is 13.2. The summed E-state index contributed by atoms with van der Waals surface area (Å²) in [7, 11) is 0. The van der Waals surface area contributed by atoms with Gasteiger partial charge in [-0.1, -0.05) is 16.8 Å². The summed E-state index contributed by atoms with van der Waals surface area (Å²) in [5.41, 5.74) is 1.92. The summed E-state index contributed by atoms with van der Waals surface area (Å²) < 4.78 is 14.7. The van der Waals surface area contributed by atoms with Gasteiger partial charge in [0.2, 0.25) is 0 Å². The first-order valence-electron chi connectivity index (χ1n) is 5.92. The minimum atomic E-state index is -0.522. The van der Waals surface area contributed by atoms with Gasteiger partial charge in [-0.2, -0.15) is 5.26 Å². The van der Waals surface area contributed by atoms with Gasteiger partial charge in [0, 0.05) is 18.0 Å². The molecule has 0 aliphatic carbocycles. The van der Waals surface area contributed by atoms with Gasteiger partial charge in [-0.25, -0.2) is 9.07 Å². The lowest BCUT2D eigenvalue weighted by atomic mass is 10.1. The zero-order valence-electron chi connectivity index (χ0n) is 10.5. The van der Waals surface area contributed by atoms with Crippen molar-refractivity contribution in [1.29, 1.82) is 5.26 Å². The fourth-order valence-electron chi connectivity index (χ4n) is 1.92. The molecule has 3 rings (SSSR count). The molecular formula is C14H7ClFN5. The third-order valence-corrected chi connectivity index (χ3v) is 3.17. The van der Waals surface area contributed by atoms with Crippen LogP contribution in [0.1, 0.15) is 5.69 Å². The Morgan fingerprint density at radius 1 is 1.19 bits per heavy atom. The Balaban J connectivity index is 2.23. The quantitative estimate of drug-likeness (QED) is 0.729. The number of nitrogens with zero attached hydrogens (tertiary/aromatic N) is 5. The zero-order valence-corrected chi connectivity index (χ0v) is 11.3. The molecule has 0 unspecified atom stereocenters. The van der Waals surface area contributed by atoms with Crippen LogP contribution in [0.2, 0.25) is 5.02 Å². The molecule has 0 aliphatic heterocycles. The third kappa shape index (κ3) is 2.35. The Hall–Kier alpha value is -2.78. The predicted octanol–water partition coefficient (Wildman–Crippen LogP) is 2.99. The standard InChI is InChI=1S/C14H7ClFN5/c15-11-7-10(1-2-12(11)16)21-14(13(8-17)19-20-21)9-3-5-18-6-4-9/h1-7H. The summed E-state index contributed by atoms with van der Waals surface area (Å²) in [5, 5.41) is 16.9. The highest BCUT2D eigenvalue weighted by atomic mass is 35.5. The van der Waals surface area contributed by atoms with Crippen molar-refractivity contribution in [2.45, 2.75) is 0 Å². The molecule has 0 bridgehead atoms. The summed E-state index contributed by atoms with van der Waals surface area (Å²) in [6, 6.07) is 9.64. The Morgan fingerprint density at radius 3 is 2.62 bits per heavy atom. The summed E-state index contributed by atoms with van der Waals surface area (Å²) in [6.07, 6.45) is 3.21. The van der Waals surface area contributed by atoms with Crippen LogP contribution in [0.4, 0.5) is 4.39 Å². The van der Waals surface area contributed by atoms with E-state index in [0.717, 1.165) is 5.56 Å². The highest BCUT2D eigenvalue weighted by molar-refractivity contribution is 6.30. The van der Waals surface area contributed by atoms with Crippen LogP contribution in [0.3, 0.4) is 0 Å². The van der Waals surface area contributed by atoms with Crippen LogP contribution in [0.25, 0.3) is 16.9 Å². The molecule has 21 heavy (non-hydrogen) atoms. The third-order valence-electron chi connectivity index (χ3n) is 2.88. The summed E-state index contributed by atoms with van der Waals surface area (Å²) >= 11 is 5.79. The lowest BCUT2D eigenvalue weighted by molar-refractivity contribution is 0.627. The Kier molecular flexibility index (Phi) is 3.34. The number of aromatic nitrogens is 4. The van der Waals surface area contributed by atoms with Crippen molar-refractivity contribution >= 4 is 11.6 Å². The van der Waals surface area contributed by atoms with Gasteiger partial charge in [0.1, 0.15) is 17.6 Å². The second-order valence-electron chi connectivity index (χ2n) is 4.14. The fraction of sp³-hybridized carbons (Fsp3) is 0. The second kappa shape index (κ2) is 5.31. The molecule has 5 nitrogen and oxygen atoms in total. The van der Waals surface area contributed by atoms with E-state index >= 15 is 0 Å². The molecule has 0 atom stereocenters. The van der Waals surface area contributed by atoms with Crippen molar-refractivity contribution in [1.82, 2.24) is 20.0 Å². The molecule has 0 aliphatic rings. The highest BCUT2D eigenvalue weighted by Gasteiger charge is 2.16. The monoisotopic (exact) mass is 299 g/mol. The van der Waals surface area contributed by atoms with Crippen LogP contribution in [0, 0.1) is 17.1 Å². The van der Waals surface area contributed by atoms with Crippen molar-refractivity contribution < 1.29 is 4.39 Å². The average molecular weight is 300 g/mol. The van der Waals surface area contributed by atoms with E-state index in [4.69, 9.17) is 11.6 Å². The van der Waals surface area contributed by atoms with Crippen LogP contribution in [-0.2, 0) is 0 Å². The van der Waals surface area contributed by atoms with E-state index in [-0.39, 0.29) is 10.7 Å². The van der Waals surface area contributed by atoms with Crippen molar-refractivity contribution in [3.63, 3.8) is 0 Å². The van der Waals surface area contributed by atoms with Crippen molar-refractivity contribution in [3.8, 4) is 23.0 Å². The Labute approximate surface area is 124 Å². The maximum Gasteiger partial charge on any atom is 0.191 e. The summed E-state index contributed by atoms with van der Waals surface area (Å²) in [4.78, 5) is 3.94. The maximum atomic E-state index is 13.3. The van der Waals surface area contributed by atoms with Gasteiger partial charge in [-0.15, -0.1) is 5.10 Å². The molecule has 0 spiro atoms.